The van der Waals surface area contributed by atoms with Gasteiger partial charge in [0.15, 0.2) is 12.2 Å². The zero-order valence-corrected chi connectivity index (χ0v) is 49.7. The largest absolute Gasteiger partial charge is 0.489 e. The topological polar surface area (TPSA) is 158 Å². The molecule has 86 heavy (non-hydrogen) atoms. The zero-order valence-electron chi connectivity index (χ0n) is 47.4. The third-order valence-electron chi connectivity index (χ3n) is 15.3. The molecule has 16 heteroatoms. The number of nitrogens with one attached hydrogen (secondary N) is 1. The lowest BCUT2D eigenvalue weighted by molar-refractivity contribution is -0.151. The van der Waals surface area contributed by atoms with Gasteiger partial charge >= 0.3 is 5.97 Å². The van der Waals surface area contributed by atoms with Crippen LogP contribution in [0, 0.1) is 17.5 Å². The van der Waals surface area contributed by atoms with E-state index in [0.29, 0.717) is 60.9 Å². The number of hydrogen-bond donors (Lipinski definition) is 5. The second-order valence-corrected chi connectivity index (χ2v) is 22.9. The average Bonchev–Trinajstić information content (AvgIpc) is 1.92. The monoisotopic (exact) mass is 1250 g/mol. The number of aliphatic carboxylic acids is 1. The minimum Gasteiger partial charge on any atom is -0.489 e. The molecule has 11 nitrogen and oxygen atoms in total. The molecule has 4 aliphatic rings. The van der Waals surface area contributed by atoms with E-state index in [2.05, 4.69) is 32.2 Å². The molecule has 448 valence electrons. The van der Waals surface area contributed by atoms with Gasteiger partial charge in [0.25, 0.3) is 5.91 Å². The van der Waals surface area contributed by atoms with Crippen molar-refractivity contribution in [1.82, 2.24) is 10.2 Å². The van der Waals surface area contributed by atoms with Gasteiger partial charge in [-0.25, -0.2) is 18.0 Å². The highest BCUT2D eigenvalue weighted by Crippen LogP contribution is 2.37. The lowest BCUT2D eigenvalue weighted by atomic mass is 9.92. The fourth-order valence-corrected chi connectivity index (χ4v) is 11.3. The molecule has 3 aliphatic heterocycles. The van der Waals surface area contributed by atoms with Crippen LogP contribution in [0.1, 0.15) is 82.9 Å². The summed E-state index contributed by atoms with van der Waals surface area (Å²) in [6.45, 7) is 3.56. The third-order valence-corrected chi connectivity index (χ3v) is 16.0. The van der Waals surface area contributed by atoms with Crippen molar-refractivity contribution in [3.63, 3.8) is 0 Å². The van der Waals surface area contributed by atoms with Crippen LogP contribution >= 0.6 is 27.5 Å². The Morgan fingerprint density at radius 2 is 1.10 bits per heavy atom. The summed E-state index contributed by atoms with van der Waals surface area (Å²) in [6.07, 6.45) is 4.62. The van der Waals surface area contributed by atoms with Crippen molar-refractivity contribution in [3.05, 3.63) is 242 Å². The number of aliphatic hydroxyl groups excluding tert-OH is 3. The number of nitrogens with zero attached hydrogens (tertiary/aromatic N) is 1. The first kappa shape index (κ1) is 63.3. The molecule has 1 saturated carbocycles. The maximum absolute atomic E-state index is 13.7. The van der Waals surface area contributed by atoms with Crippen LogP contribution in [-0.2, 0) is 44.7 Å². The Morgan fingerprint density at radius 1 is 0.616 bits per heavy atom. The molecule has 0 aromatic heterocycles. The molecule has 5 N–H and O–H groups in total. The molecule has 1 amide bonds. The highest BCUT2D eigenvalue weighted by Gasteiger charge is 2.34. The SMILES string of the molecule is O=C(N[C@H](CN1CCCC1)[C@H](O)c1ccc(OC2CC2)c(Cl)c1)C1OCCc2cc(-c3ccc(F)cc3)ccc21.O=C(O)C1OCCc2cc(-c3ccc(F)cc3)ccc21.OCCc1cccc(-c2ccc(F)cc2)c1.OCCc1cccc(Br)c1. The molecule has 0 radical (unpaired) electrons. The van der Waals surface area contributed by atoms with Crippen LogP contribution in [0.2, 0.25) is 5.02 Å². The van der Waals surface area contributed by atoms with Gasteiger partial charge in [-0.1, -0.05) is 143 Å². The Hall–Kier alpha value is -7.18. The molecule has 0 bridgehead atoms. The van der Waals surface area contributed by atoms with Gasteiger partial charge in [-0.3, -0.25) is 4.79 Å². The summed E-state index contributed by atoms with van der Waals surface area (Å²) in [5.41, 5.74) is 12.2. The van der Waals surface area contributed by atoms with E-state index in [4.69, 9.17) is 41.1 Å². The Bertz CT molecular complexity index is 3530. The van der Waals surface area contributed by atoms with Crippen LogP contribution < -0.4 is 10.1 Å². The molecule has 8 aromatic rings. The summed E-state index contributed by atoms with van der Waals surface area (Å²) in [5.74, 6) is -1.41. The molecule has 1 saturated heterocycles. The van der Waals surface area contributed by atoms with Gasteiger partial charge < -0.3 is 44.9 Å². The fourth-order valence-electron chi connectivity index (χ4n) is 10.6. The first-order valence-corrected chi connectivity index (χ1v) is 30.1. The Labute approximate surface area is 513 Å². The van der Waals surface area contributed by atoms with Gasteiger partial charge in [0.05, 0.1) is 30.4 Å². The molecule has 2 fully saturated rings. The quantitative estimate of drug-likeness (QED) is 0.0631. The molecule has 2 unspecified atom stereocenters. The van der Waals surface area contributed by atoms with Crippen molar-refractivity contribution in [2.24, 2.45) is 0 Å². The lowest BCUT2D eigenvalue weighted by Gasteiger charge is -2.32. The summed E-state index contributed by atoms with van der Waals surface area (Å²) in [5, 5.41) is 41.6. The summed E-state index contributed by atoms with van der Waals surface area (Å²) in [6, 6.07) is 51.2. The second-order valence-electron chi connectivity index (χ2n) is 21.5. The van der Waals surface area contributed by atoms with E-state index < -0.39 is 30.3 Å². The highest BCUT2D eigenvalue weighted by molar-refractivity contribution is 9.10. The van der Waals surface area contributed by atoms with Gasteiger partial charge in [-0.2, -0.15) is 0 Å². The summed E-state index contributed by atoms with van der Waals surface area (Å²) < 4.78 is 57.3. The first-order valence-electron chi connectivity index (χ1n) is 28.9. The first-order chi connectivity index (χ1) is 41.7. The van der Waals surface area contributed by atoms with Crippen LogP contribution in [0.3, 0.4) is 0 Å². The number of amides is 1. The number of halogens is 5. The van der Waals surface area contributed by atoms with E-state index in [1.165, 1.54) is 36.4 Å². The summed E-state index contributed by atoms with van der Waals surface area (Å²) >= 11 is 9.85. The minimum atomic E-state index is -0.972. The average molecular weight is 1250 g/mol. The van der Waals surface area contributed by atoms with Gasteiger partial charge in [-0.15, -0.1) is 0 Å². The smallest absolute Gasteiger partial charge is 0.337 e. The number of fused-ring (bicyclic) bond motifs is 2. The van der Waals surface area contributed by atoms with Crippen LogP contribution in [0.25, 0.3) is 33.4 Å². The molecule has 1 aliphatic carbocycles. The number of carbonyl (C=O) groups is 2. The number of carboxylic acid groups (broad SMARTS) is 1. The summed E-state index contributed by atoms with van der Waals surface area (Å²) in [7, 11) is 0. The Kier molecular flexibility index (Phi) is 22.8. The van der Waals surface area contributed by atoms with Gasteiger partial charge in [0.2, 0.25) is 0 Å². The molecule has 0 spiro atoms. The number of carboxylic acids is 1. The zero-order chi connectivity index (χ0) is 60.5. The minimum absolute atomic E-state index is 0.146. The maximum atomic E-state index is 13.7. The fraction of sp³-hybridized carbons (Fsp3) is 0.286. The molecule has 4 atom stereocenters. The number of benzene rings is 8. The number of carbonyl (C=O) groups excluding carboxylic acids is 1. The van der Waals surface area contributed by atoms with E-state index in [0.717, 1.165) is 111 Å². The van der Waals surface area contributed by atoms with E-state index in [-0.39, 0.29) is 42.7 Å². The highest BCUT2D eigenvalue weighted by atomic mass is 79.9. The number of aliphatic hydroxyl groups is 3. The molecule has 3 heterocycles. The van der Waals surface area contributed by atoms with Crippen molar-refractivity contribution < 1.29 is 57.4 Å². The number of likely N-dealkylation sites (tertiary alicyclic amines) is 1. The second kappa shape index (κ2) is 30.9. The predicted molar refractivity (Wildman–Crippen MR) is 331 cm³/mol. The molecule has 8 aromatic carbocycles. The van der Waals surface area contributed by atoms with Crippen LogP contribution in [0.4, 0.5) is 13.2 Å². The predicted octanol–water partition coefficient (Wildman–Crippen LogP) is 13.8. The molecular weight excluding hydrogens is 1190 g/mol. The van der Waals surface area contributed by atoms with Crippen LogP contribution in [0.15, 0.2) is 180 Å². The van der Waals surface area contributed by atoms with Crippen molar-refractivity contribution >= 4 is 39.4 Å². The standard InChI is InChI=1S/C32H34ClFN2O4.C16H13FO3.C14H13FO.C8H9BrO/c33-27-18-23(6-12-29(27)40-25-9-10-25)30(37)28(19-36-14-1-2-15-36)35-32(38)31-26-11-5-21(17-22(26)13-16-39-31)20-3-7-24(34)8-4-20;17-13-4-1-10(2-5-13)11-3-6-14-12(9-11)7-8-20-15(14)16(18)19;15-14-6-4-12(5-7-14)13-3-1-2-11(10-13)8-9-16;9-8-3-1-2-7(6-8)4-5-10/h3-8,11-12,17-18,25,28,30-31,37H,1-2,9-10,13-16,19H2,(H,35,38);1-6,9,15H,7-8H2,(H,18,19);1-7,10,16H,8-9H2;1-3,6,10H,4-5H2/t28-,30-,31?;;;/m1.../s1. The van der Waals surface area contributed by atoms with Crippen LogP contribution in [-0.4, -0.2) is 95.4 Å². The summed E-state index contributed by atoms with van der Waals surface area (Å²) in [4.78, 5) is 27.1. The van der Waals surface area contributed by atoms with Crippen molar-refractivity contribution in [1.29, 1.82) is 0 Å². The van der Waals surface area contributed by atoms with Gasteiger partial charge in [0, 0.05) is 24.2 Å². The van der Waals surface area contributed by atoms with Crippen molar-refractivity contribution in [3.8, 4) is 39.1 Å². The van der Waals surface area contributed by atoms with Crippen LogP contribution in [0.5, 0.6) is 5.75 Å². The normalized spacial score (nSPS) is 16.7. The third kappa shape index (κ3) is 17.7. The van der Waals surface area contributed by atoms with E-state index in [1.807, 2.05) is 78.9 Å². The molecule has 12 rings (SSSR count). The van der Waals surface area contributed by atoms with Gasteiger partial charge in [-0.05, 0) is 197 Å². The van der Waals surface area contributed by atoms with Crippen molar-refractivity contribution in [2.45, 2.75) is 81.8 Å². The Balaban J connectivity index is 0.000000158. The lowest BCUT2D eigenvalue weighted by Crippen LogP contribution is -2.48. The number of ether oxygens (including phenoxy) is 3. The van der Waals surface area contributed by atoms with E-state index in [9.17, 15) is 27.9 Å². The number of hydrogen-bond acceptors (Lipinski definition) is 9. The van der Waals surface area contributed by atoms with E-state index >= 15 is 0 Å². The number of rotatable bonds is 16. The molecular formula is C70H69BrClF3N2O9. The maximum Gasteiger partial charge on any atom is 0.337 e. The van der Waals surface area contributed by atoms with Crippen molar-refractivity contribution in [2.75, 3.05) is 46.1 Å². The van der Waals surface area contributed by atoms with E-state index in [1.54, 1.807) is 54.6 Å². The Morgan fingerprint density at radius 3 is 1.60 bits per heavy atom. The van der Waals surface area contributed by atoms with Gasteiger partial charge in [0.1, 0.15) is 29.3 Å².